The van der Waals surface area contributed by atoms with Crippen molar-refractivity contribution in [2.24, 2.45) is 0 Å². The fourth-order valence-corrected chi connectivity index (χ4v) is 4.20. The van der Waals surface area contributed by atoms with Crippen LogP contribution in [0.4, 0.5) is 11.6 Å². The number of aromatic nitrogens is 3. The highest BCUT2D eigenvalue weighted by molar-refractivity contribution is 6.30. The molecule has 0 unspecified atom stereocenters. The van der Waals surface area contributed by atoms with E-state index < -0.39 is 6.04 Å². The second-order valence-corrected chi connectivity index (χ2v) is 8.92. The lowest BCUT2D eigenvalue weighted by atomic mass is 9.95. The molecule has 1 amide bonds. The summed E-state index contributed by atoms with van der Waals surface area (Å²) in [5.41, 5.74) is 3.69. The molecule has 3 aromatic carbocycles. The Morgan fingerprint density at radius 1 is 1.06 bits per heavy atom. The smallest absolute Gasteiger partial charge is 0.255 e. The highest BCUT2D eigenvalue weighted by Gasteiger charge is 2.33. The van der Waals surface area contributed by atoms with Gasteiger partial charge in [0.05, 0.1) is 5.57 Å². The maximum atomic E-state index is 13.5. The van der Waals surface area contributed by atoms with Gasteiger partial charge in [-0.15, -0.1) is 0 Å². The van der Waals surface area contributed by atoms with Crippen LogP contribution in [0.15, 0.2) is 90.4 Å². The molecule has 0 bridgehead atoms. The van der Waals surface area contributed by atoms with E-state index in [1.807, 2.05) is 55.5 Å². The van der Waals surface area contributed by atoms with E-state index in [4.69, 9.17) is 27.9 Å². The summed E-state index contributed by atoms with van der Waals surface area (Å²) in [6.07, 6.45) is 1.46. The molecule has 0 spiro atoms. The lowest BCUT2D eigenvalue weighted by Gasteiger charge is -2.29. The second kappa shape index (κ2) is 9.82. The molecule has 5 rings (SSSR count). The van der Waals surface area contributed by atoms with Gasteiger partial charge in [0.25, 0.3) is 5.91 Å². The van der Waals surface area contributed by atoms with Gasteiger partial charge in [-0.1, -0.05) is 47.5 Å². The van der Waals surface area contributed by atoms with E-state index in [1.165, 1.54) is 6.33 Å². The first-order chi connectivity index (χ1) is 17.0. The van der Waals surface area contributed by atoms with E-state index in [9.17, 15) is 4.79 Å². The third kappa shape index (κ3) is 5.01. The van der Waals surface area contributed by atoms with Gasteiger partial charge in [0.1, 0.15) is 24.7 Å². The number of hydrogen-bond acceptors (Lipinski definition) is 5. The van der Waals surface area contributed by atoms with Crippen LogP contribution in [0, 0.1) is 0 Å². The van der Waals surface area contributed by atoms with Gasteiger partial charge in [-0.2, -0.15) is 10.1 Å². The average molecular weight is 506 g/mol. The molecule has 4 aromatic rings. The fraction of sp³-hybridized carbons (Fsp3) is 0.115. The molecule has 35 heavy (non-hydrogen) atoms. The zero-order valence-corrected chi connectivity index (χ0v) is 20.2. The Morgan fingerprint density at radius 2 is 1.77 bits per heavy atom. The number of rotatable bonds is 6. The van der Waals surface area contributed by atoms with Gasteiger partial charge < -0.3 is 15.4 Å². The first-order valence-corrected chi connectivity index (χ1v) is 11.6. The Morgan fingerprint density at radius 3 is 2.51 bits per heavy atom. The minimum atomic E-state index is -0.500. The van der Waals surface area contributed by atoms with Crippen LogP contribution in [-0.2, 0) is 11.4 Å². The molecule has 0 radical (unpaired) electrons. The highest BCUT2D eigenvalue weighted by atomic mass is 35.5. The van der Waals surface area contributed by atoms with Gasteiger partial charge in [-0.05, 0) is 66.6 Å². The molecule has 1 aliphatic rings. The zero-order chi connectivity index (χ0) is 24.4. The first-order valence-electron chi connectivity index (χ1n) is 10.9. The number of anilines is 2. The number of halogens is 2. The topological polar surface area (TPSA) is 81.1 Å². The van der Waals surface area contributed by atoms with E-state index in [0.717, 1.165) is 11.1 Å². The van der Waals surface area contributed by atoms with Gasteiger partial charge >= 0.3 is 0 Å². The van der Waals surface area contributed by atoms with Crippen LogP contribution in [-0.4, -0.2) is 20.7 Å². The van der Waals surface area contributed by atoms with Crippen molar-refractivity contribution in [3.63, 3.8) is 0 Å². The standard InChI is InChI=1S/C26H21Cl2N5O2/c1-16-23(25(34)32-21-11-9-20(28)10-12-21)24(33-26(31-16)29-15-30-33)18-3-2-4-22(13-18)35-14-17-5-7-19(27)8-6-17/h2-13,15,24H,14H2,1H3,(H,32,34)(H,29,30,31)/t24-/m1/s1. The second-order valence-electron chi connectivity index (χ2n) is 8.04. The summed E-state index contributed by atoms with van der Waals surface area (Å²) in [7, 11) is 0. The van der Waals surface area contributed by atoms with E-state index in [1.54, 1.807) is 28.9 Å². The summed E-state index contributed by atoms with van der Waals surface area (Å²) in [6.45, 7) is 2.24. The van der Waals surface area contributed by atoms with Crippen molar-refractivity contribution in [3.8, 4) is 5.75 Å². The maximum Gasteiger partial charge on any atom is 0.255 e. The molecule has 1 atom stereocenters. The summed E-state index contributed by atoms with van der Waals surface area (Å²) in [4.78, 5) is 17.7. The van der Waals surface area contributed by atoms with Crippen LogP contribution < -0.4 is 15.4 Å². The SMILES string of the molecule is CC1=C(C(=O)Nc2ccc(Cl)cc2)[C@@H](c2cccc(OCc3ccc(Cl)cc3)c2)n2ncnc2N1. The van der Waals surface area contributed by atoms with Crippen molar-refractivity contribution in [1.29, 1.82) is 0 Å². The maximum absolute atomic E-state index is 13.5. The van der Waals surface area contributed by atoms with E-state index >= 15 is 0 Å². The summed E-state index contributed by atoms with van der Waals surface area (Å²) >= 11 is 12.0. The number of carbonyl (C=O) groups is 1. The number of nitrogens with zero attached hydrogens (tertiary/aromatic N) is 3. The van der Waals surface area contributed by atoms with Crippen molar-refractivity contribution >= 4 is 40.7 Å². The van der Waals surface area contributed by atoms with Crippen molar-refractivity contribution in [2.75, 3.05) is 10.6 Å². The molecule has 7 nitrogen and oxygen atoms in total. The Hall–Kier alpha value is -3.81. The molecule has 2 heterocycles. The Balaban J connectivity index is 1.45. The number of allylic oxidation sites excluding steroid dienone is 1. The molecule has 1 aromatic heterocycles. The van der Waals surface area contributed by atoms with Crippen molar-refractivity contribution < 1.29 is 9.53 Å². The van der Waals surface area contributed by atoms with Gasteiger partial charge in [0.15, 0.2) is 0 Å². The number of benzene rings is 3. The van der Waals surface area contributed by atoms with Crippen molar-refractivity contribution in [3.05, 3.63) is 112 Å². The Bertz CT molecular complexity index is 1400. The minimum absolute atomic E-state index is 0.254. The molecule has 0 aliphatic carbocycles. The van der Waals surface area contributed by atoms with Crippen LogP contribution >= 0.6 is 23.2 Å². The Kier molecular flexibility index (Phi) is 6.44. The van der Waals surface area contributed by atoms with Crippen LogP contribution in [0.25, 0.3) is 0 Å². The molecular formula is C26H21Cl2N5O2. The third-order valence-corrected chi connectivity index (χ3v) is 6.14. The number of carbonyl (C=O) groups excluding carboxylic acids is 1. The van der Waals surface area contributed by atoms with Gasteiger partial charge in [0.2, 0.25) is 5.95 Å². The zero-order valence-electron chi connectivity index (χ0n) is 18.7. The van der Waals surface area contributed by atoms with Crippen LogP contribution in [0.2, 0.25) is 10.0 Å². The molecule has 0 saturated heterocycles. The lowest BCUT2D eigenvalue weighted by molar-refractivity contribution is -0.113. The normalized spacial score (nSPS) is 14.8. The van der Waals surface area contributed by atoms with E-state index in [2.05, 4.69) is 20.7 Å². The predicted molar refractivity (Wildman–Crippen MR) is 137 cm³/mol. The van der Waals surface area contributed by atoms with E-state index in [0.29, 0.717) is 45.3 Å². The number of amides is 1. The molecule has 0 fully saturated rings. The van der Waals surface area contributed by atoms with E-state index in [-0.39, 0.29) is 5.91 Å². The first kappa shape index (κ1) is 23.0. The summed E-state index contributed by atoms with van der Waals surface area (Å²) in [5.74, 6) is 0.978. The highest BCUT2D eigenvalue weighted by Crippen LogP contribution is 2.36. The fourth-order valence-electron chi connectivity index (χ4n) is 3.95. The summed E-state index contributed by atoms with van der Waals surface area (Å²) < 4.78 is 7.73. The van der Waals surface area contributed by atoms with Crippen LogP contribution in [0.5, 0.6) is 5.75 Å². The average Bonchev–Trinajstić information content (AvgIpc) is 3.32. The largest absolute Gasteiger partial charge is 0.489 e. The lowest BCUT2D eigenvalue weighted by Crippen LogP contribution is -2.31. The van der Waals surface area contributed by atoms with Gasteiger partial charge in [-0.25, -0.2) is 4.68 Å². The molecule has 176 valence electrons. The molecule has 1 aliphatic heterocycles. The minimum Gasteiger partial charge on any atom is -0.489 e. The quantitative estimate of drug-likeness (QED) is 0.331. The third-order valence-electron chi connectivity index (χ3n) is 5.63. The number of ether oxygens (including phenoxy) is 1. The molecule has 0 saturated carbocycles. The Labute approximate surface area is 212 Å². The number of nitrogens with one attached hydrogen (secondary N) is 2. The van der Waals surface area contributed by atoms with Crippen molar-refractivity contribution in [2.45, 2.75) is 19.6 Å². The predicted octanol–water partition coefficient (Wildman–Crippen LogP) is 6.09. The van der Waals surface area contributed by atoms with Crippen LogP contribution in [0.1, 0.15) is 24.1 Å². The molecule has 9 heteroatoms. The number of hydrogen-bond donors (Lipinski definition) is 2. The summed E-state index contributed by atoms with van der Waals surface area (Å²) in [5, 5.41) is 11.8. The molecular weight excluding hydrogens is 485 g/mol. The summed E-state index contributed by atoms with van der Waals surface area (Å²) in [6, 6.07) is 21.6. The van der Waals surface area contributed by atoms with Crippen molar-refractivity contribution in [1.82, 2.24) is 14.8 Å². The van der Waals surface area contributed by atoms with Gasteiger partial charge in [-0.3, -0.25) is 4.79 Å². The number of fused-ring (bicyclic) bond motifs is 1. The van der Waals surface area contributed by atoms with Gasteiger partial charge in [0, 0.05) is 21.4 Å². The molecule has 2 N–H and O–H groups in total. The van der Waals surface area contributed by atoms with Crippen LogP contribution in [0.3, 0.4) is 0 Å². The monoisotopic (exact) mass is 505 g/mol.